The molecule has 0 amide bonds. The van der Waals surface area contributed by atoms with Crippen LogP contribution in [0.2, 0.25) is 0 Å². The number of aromatic nitrogens is 1. The minimum absolute atomic E-state index is 0.132. The number of unbranched alkanes of at least 4 members (excludes halogenated alkanes) is 13. The number of nitrogens with zero attached hydrogens (tertiary/aromatic N) is 1. The van der Waals surface area contributed by atoms with Gasteiger partial charge in [-0.1, -0.05) is 110 Å². The summed E-state index contributed by atoms with van der Waals surface area (Å²) in [4.78, 5) is 4.59. The molecule has 0 spiro atoms. The van der Waals surface area contributed by atoms with Crippen molar-refractivity contribution in [2.75, 3.05) is 19.8 Å². The lowest BCUT2D eigenvalue weighted by Gasteiger charge is -2.29. The van der Waals surface area contributed by atoms with Crippen LogP contribution in [0.15, 0.2) is 36.5 Å². The zero-order chi connectivity index (χ0) is 29.0. The van der Waals surface area contributed by atoms with E-state index < -0.39 is 0 Å². The van der Waals surface area contributed by atoms with Crippen LogP contribution in [0.5, 0.6) is 5.75 Å². The first kappa shape index (κ1) is 33.5. The molecule has 2 aromatic rings. The maximum Gasteiger partial charge on any atom is 0.165 e. The summed E-state index contributed by atoms with van der Waals surface area (Å²) >= 11 is 0. The smallest absolute Gasteiger partial charge is 0.165 e. The molecule has 4 nitrogen and oxygen atoms in total. The molecule has 0 bridgehead atoms. The van der Waals surface area contributed by atoms with Crippen LogP contribution in [0.1, 0.15) is 129 Å². The summed E-state index contributed by atoms with van der Waals surface area (Å²) in [7, 11) is 0. The number of rotatable bonds is 22. The summed E-state index contributed by atoms with van der Waals surface area (Å²) in [5.74, 6) is 0.528. The Balaban J connectivity index is 1.29. The molecular weight excluding hydrogens is 513 g/mol. The maximum absolute atomic E-state index is 14.7. The fraction of sp³-hybridized carbons (Fsp3) is 0.694. The molecule has 230 valence electrons. The molecule has 0 saturated carbocycles. The van der Waals surface area contributed by atoms with E-state index in [1.54, 1.807) is 6.07 Å². The van der Waals surface area contributed by atoms with Crippen molar-refractivity contribution in [1.82, 2.24) is 4.98 Å². The minimum atomic E-state index is -0.329. The second kappa shape index (κ2) is 20.8. The molecule has 0 radical (unpaired) electrons. The zero-order valence-electron chi connectivity index (χ0n) is 26.0. The van der Waals surface area contributed by atoms with Crippen LogP contribution in [0, 0.1) is 11.7 Å². The lowest BCUT2D eigenvalue weighted by molar-refractivity contribution is -0.203. The van der Waals surface area contributed by atoms with Gasteiger partial charge < -0.3 is 14.2 Å². The highest BCUT2D eigenvalue weighted by atomic mass is 19.1. The average Bonchev–Trinajstić information content (AvgIpc) is 3.00. The van der Waals surface area contributed by atoms with Gasteiger partial charge in [-0.3, -0.25) is 4.98 Å². The fourth-order valence-corrected chi connectivity index (χ4v) is 5.53. The van der Waals surface area contributed by atoms with Gasteiger partial charge in [-0.05, 0) is 49.1 Å². The standard InChI is InChI=1S/C36H56FNO3/c1-3-5-7-9-11-13-15-17-25-39-35-23-21-32(26-33(35)37)34-22-19-30(27-38-34)20-24-36-40-28-31(29-41-36)18-16-14-12-10-8-6-4-2/h19,21-23,26-27,31,36H,3-18,20,24-25,28-29H2,1-2H3/t31-,36-. The highest BCUT2D eigenvalue weighted by Gasteiger charge is 2.21. The van der Waals surface area contributed by atoms with E-state index >= 15 is 0 Å². The van der Waals surface area contributed by atoms with Crippen molar-refractivity contribution in [1.29, 1.82) is 0 Å². The molecule has 0 atom stereocenters. The van der Waals surface area contributed by atoms with Crippen LogP contribution < -0.4 is 4.74 Å². The van der Waals surface area contributed by atoms with Crippen molar-refractivity contribution in [3.8, 4) is 17.0 Å². The highest BCUT2D eigenvalue weighted by molar-refractivity contribution is 5.60. The number of aryl methyl sites for hydroxylation is 1. The van der Waals surface area contributed by atoms with E-state index in [1.807, 2.05) is 18.3 Å². The molecule has 0 unspecified atom stereocenters. The summed E-state index contributed by atoms with van der Waals surface area (Å²) in [6, 6.07) is 9.17. The molecule has 2 heterocycles. The van der Waals surface area contributed by atoms with Gasteiger partial charge in [-0.15, -0.1) is 0 Å². The van der Waals surface area contributed by atoms with E-state index in [9.17, 15) is 4.39 Å². The van der Waals surface area contributed by atoms with E-state index in [0.717, 1.165) is 55.7 Å². The monoisotopic (exact) mass is 569 g/mol. The Morgan fingerprint density at radius 3 is 2.00 bits per heavy atom. The average molecular weight is 570 g/mol. The molecule has 1 aromatic heterocycles. The van der Waals surface area contributed by atoms with E-state index in [1.165, 1.54) is 96.0 Å². The summed E-state index contributed by atoms with van der Waals surface area (Å²) < 4.78 is 32.4. The normalized spacial score (nSPS) is 17.1. The van der Waals surface area contributed by atoms with E-state index in [4.69, 9.17) is 14.2 Å². The van der Waals surface area contributed by atoms with E-state index in [-0.39, 0.29) is 12.1 Å². The van der Waals surface area contributed by atoms with Crippen LogP contribution in [0.3, 0.4) is 0 Å². The van der Waals surface area contributed by atoms with Crippen LogP contribution in [-0.4, -0.2) is 31.1 Å². The molecule has 3 rings (SSSR count). The van der Waals surface area contributed by atoms with Crippen molar-refractivity contribution >= 4 is 0 Å². The van der Waals surface area contributed by atoms with Crippen LogP contribution in [0.4, 0.5) is 4.39 Å². The SMILES string of the molecule is CCCCCCCCCCOc1ccc(-c2ccc(CC[C@H]3OC[C@H](CCCCCCCCC)CO3)cn2)cc1F. The van der Waals surface area contributed by atoms with Crippen LogP contribution in [0.25, 0.3) is 11.3 Å². The van der Waals surface area contributed by atoms with Crippen molar-refractivity contribution in [2.24, 2.45) is 5.92 Å². The van der Waals surface area contributed by atoms with Gasteiger partial charge in [0.1, 0.15) is 0 Å². The first-order valence-electron chi connectivity index (χ1n) is 16.8. The third kappa shape index (κ3) is 13.7. The molecule has 5 heteroatoms. The number of pyridine rings is 1. The Morgan fingerprint density at radius 2 is 1.39 bits per heavy atom. The predicted molar refractivity (Wildman–Crippen MR) is 168 cm³/mol. The number of hydrogen-bond donors (Lipinski definition) is 0. The Morgan fingerprint density at radius 1 is 0.756 bits per heavy atom. The Bertz CT molecular complexity index is 927. The van der Waals surface area contributed by atoms with E-state index in [2.05, 4.69) is 24.9 Å². The lowest BCUT2D eigenvalue weighted by Crippen LogP contribution is -2.32. The zero-order valence-corrected chi connectivity index (χ0v) is 26.0. The van der Waals surface area contributed by atoms with Gasteiger partial charge in [0.2, 0.25) is 0 Å². The molecule has 1 aliphatic heterocycles. The van der Waals surface area contributed by atoms with Gasteiger partial charge >= 0.3 is 0 Å². The second-order valence-electron chi connectivity index (χ2n) is 11.9. The van der Waals surface area contributed by atoms with Gasteiger partial charge in [0.15, 0.2) is 17.9 Å². The van der Waals surface area contributed by atoms with Gasteiger partial charge in [-0.2, -0.15) is 0 Å². The largest absolute Gasteiger partial charge is 0.491 e. The van der Waals surface area contributed by atoms with Gasteiger partial charge in [0, 0.05) is 24.1 Å². The number of hydrogen-bond acceptors (Lipinski definition) is 4. The molecule has 1 aromatic carbocycles. The fourth-order valence-electron chi connectivity index (χ4n) is 5.53. The summed E-state index contributed by atoms with van der Waals surface area (Å²) in [5.41, 5.74) is 2.66. The predicted octanol–water partition coefficient (Wildman–Crippen LogP) is 10.5. The summed E-state index contributed by atoms with van der Waals surface area (Å²) in [6.07, 6.45) is 23.9. The number of ether oxygens (including phenoxy) is 3. The molecule has 1 saturated heterocycles. The Labute approximate surface area is 249 Å². The number of halogens is 1. The van der Waals surface area contributed by atoms with Crippen LogP contribution >= 0.6 is 0 Å². The van der Waals surface area contributed by atoms with Gasteiger partial charge in [-0.25, -0.2) is 4.39 Å². The van der Waals surface area contributed by atoms with Gasteiger partial charge in [0.25, 0.3) is 0 Å². The first-order chi connectivity index (χ1) is 20.2. The second-order valence-corrected chi connectivity index (χ2v) is 11.9. The third-order valence-electron chi connectivity index (χ3n) is 8.23. The van der Waals surface area contributed by atoms with Crippen molar-refractivity contribution in [2.45, 2.75) is 136 Å². The van der Waals surface area contributed by atoms with Crippen molar-refractivity contribution in [3.05, 3.63) is 47.9 Å². The third-order valence-corrected chi connectivity index (χ3v) is 8.23. The molecular formula is C36H56FNO3. The molecule has 0 N–H and O–H groups in total. The summed E-state index contributed by atoms with van der Waals surface area (Å²) in [6.45, 7) is 6.68. The number of benzene rings is 1. The first-order valence-corrected chi connectivity index (χ1v) is 16.8. The minimum Gasteiger partial charge on any atom is -0.491 e. The van der Waals surface area contributed by atoms with Crippen molar-refractivity contribution < 1.29 is 18.6 Å². The molecule has 0 aliphatic carbocycles. The maximum atomic E-state index is 14.7. The lowest BCUT2D eigenvalue weighted by atomic mass is 10.0. The Hall–Kier alpha value is -1.98. The van der Waals surface area contributed by atoms with Crippen molar-refractivity contribution in [3.63, 3.8) is 0 Å². The molecule has 41 heavy (non-hydrogen) atoms. The Kier molecular flexibility index (Phi) is 17.0. The molecule has 1 fully saturated rings. The summed E-state index contributed by atoms with van der Waals surface area (Å²) in [5, 5.41) is 0. The molecule has 1 aliphatic rings. The topological polar surface area (TPSA) is 40.6 Å². The van der Waals surface area contributed by atoms with Gasteiger partial charge in [0.05, 0.1) is 25.5 Å². The van der Waals surface area contributed by atoms with Crippen LogP contribution in [-0.2, 0) is 15.9 Å². The highest BCUT2D eigenvalue weighted by Crippen LogP contribution is 2.26. The quantitative estimate of drug-likeness (QED) is 0.132. The van der Waals surface area contributed by atoms with E-state index in [0.29, 0.717) is 18.3 Å².